The van der Waals surface area contributed by atoms with Crippen LogP contribution in [0.3, 0.4) is 0 Å². The zero-order chi connectivity index (χ0) is 17.6. The normalized spacial score (nSPS) is 29.6. The molecule has 4 atom stereocenters. The van der Waals surface area contributed by atoms with E-state index in [0.717, 1.165) is 5.01 Å². The van der Waals surface area contributed by atoms with Crippen LogP contribution in [0.4, 0.5) is 0 Å². The fourth-order valence-electron chi connectivity index (χ4n) is 3.04. The SMILES string of the molecule is O=C(NN1C(=O)[C@@H]2C[C@@H](Br)[C@@H](Br)C[C@H]2C1=O)c1ccc(Cl)cc1Cl. The van der Waals surface area contributed by atoms with E-state index in [9.17, 15) is 14.4 Å². The van der Waals surface area contributed by atoms with E-state index in [1.165, 1.54) is 18.2 Å². The second-order valence-corrected chi connectivity index (χ2v) is 8.99. The first-order valence-electron chi connectivity index (χ1n) is 7.21. The van der Waals surface area contributed by atoms with Gasteiger partial charge in [0.15, 0.2) is 0 Å². The van der Waals surface area contributed by atoms with Gasteiger partial charge in [0.05, 0.1) is 22.4 Å². The molecule has 0 radical (unpaired) electrons. The van der Waals surface area contributed by atoms with Crippen molar-refractivity contribution < 1.29 is 14.4 Å². The quantitative estimate of drug-likeness (QED) is 0.501. The van der Waals surface area contributed by atoms with Gasteiger partial charge >= 0.3 is 0 Å². The van der Waals surface area contributed by atoms with Crippen molar-refractivity contribution in [3.05, 3.63) is 33.8 Å². The van der Waals surface area contributed by atoms with Crippen molar-refractivity contribution in [2.24, 2.45) is 11.8 Å². The zero-order valence-electron chi connectivity index (χ0n) is 12.1. The molecule has 1 aliphatic heterocycles. The topological polar surface area (TPSA) is 66.5 Å². The number of imide groups is 1. The molecule has 1 saturated carbocycles. The average Bonchev–Trinajstić information content (AvgIpc) is 2.73. The van der Waals surface area contributed by atoms with Gasteiger partial charge in [0.25, 0.3) is 17.7 Å². The number of alkyl halides is 2. The van der Waals surface area contributed by atoms with Crippen molar-refractivity contribution in [3.8, 4) is 0 Å². The maximum Gasteiger partial charge on any atom is 0.271 e. The Kier molecular flexibility index (Phi) is 5.25. The van der Waals surface area contributed by atoms with Crippen LogP contribution in [0.1, 0.15) is 23.2 Å². The van der Waals surface area contributed by atoms with Gasteiger partial charge in [-0.15, -0.1) is 0 Å². The monoisotopic (exact) mass is 496 g/mol. The molecule has 1 heterocycles. The summed E-state index contributed by atoms with van der Waals surface area (Å²) in [6.07, 6.45) is 1.08. The van der Waals surface area contributed by atoms with Crippen LogP contribution in [0.5, 0.6) is 0 Å². The van der Waals surface area contributed by atoms with Gasteiger partial charge in [-0.05, 0) is 31.0 Å². The van der Waals surface area contributed by atoms with Crippen molar-refractivity contribution in [2.45, 2.75) is 22.5 Å². The van der Waals surface area contributed by atoms with Crippen molar-refractivity contribution in [1.29, 1.82) is 0 Å². The number of carbonyl (C=O) groups excluding carboxylic acids is 3. The summed E-state index contributed by atoms with van der Waals surface area (Å²) in [4.78, 5) is 37.6. The molecule has 1 aromatic rings. The lowest BCUT2D eigenvalue weighted by atomic mass is 9.81. The molecule has 1 aliphatic carbocycles. The molecule has 5 nitrogen and oxygen atoms in total. The van der Waals surface area contributed by atoms with Crippen LogP contribution in [-0.4, -0.2) is 32.4 Å². The van der Waals surface area contributed by atoms with Crippen molar-refractivity contribution in [3.63, 3.8) is 0 Å². The highest BCUT2D eigenvalue weighted by Crippen LogP contribution is 2.42. The molecule has 24 heavy (non-hydrogen) atoms. The lowest BCUT2D eigenvalue weighted by Gasteiger charge is -2.29. The summed E-state index contributed by atoms with van der Waals surface area (Å²) in [7, 11) is 0. The Morgan fingerprint density at radius 2 is 1.62 bits per heavy atom. The highest BCUT2D eigenvalue weighted by Gasteiger charge is 2.52. The molecule has 0 spiro atoms. The van der Waals surface area contributed by atoms with E-state index >= 15 is 0 Å². The minimum absolute atomic E-state index is 0.108. The van der Waals surface area contributed by atoms with Gasteiger partial charge in [-0.1, -0.05) is 55.1 Å². The number of hydrogen-bond acceptors (Lipinski definition) is 3. The maximum atomic E-state index is 12.5. The van der Waals surface area contributed by atoms with E-state index < -0.39 is 17.7 Å². The minimum Gasteiger partial charge on any atom is -0.272 e. The van der Waals surface area contributed by atoms with Gasteiger partial charge in [0, 0.05) is 14.7 Å². The standard InChI is InChI=1S/C15H12Br2Cl2N2O3/c16-10-4-8-9(5-11(10)17)15(24)21(14(8)23)20-13(22)7-2-1-6(18)3-12(7)19/h1-3,8-11H,4-5H2,(H,20,22)/t8-,9-,10-,11+/m1/s1. The van der Waals surface area contributed by atoms with Crippen LogP contribution < -0.4 is 5.43 Å². The molecule has 0 aromatic heterocycles. The van der Waals surface area contributed by atoms with Crippen LogP contribution >= 0.6 is 55.1 Å². The number of hydrogen-bond donors (Lipinski definition) is 1. The Bertz CT molecular complexity index is 703. The summed E-state index contributed by atoms with van der Waals surface area (Å²) < 4.78 is 0. The summed E-state index contributed by atoms with van der Waals surface area (Å²) >= 11 is 18.8. The molecule has 0 unspecified atom stereocenters. The molecule has 2 aliphatic rings. The van der Waals surface area contributed by atoms with Gasteiger partial charge in [0.2, 0.25) is 0 Å². The molecule has 1 saturated heterocycles. The lowest BCUT2D eigenvalue weighted by molar-refractivity contribution is -0.142. The second kappa shape index (κ2) is 6.94. The number of nitrogens with one attached hydrogen (secondary N) is 1. The number of amides is 3. The van der Waals surface area contributed by atoms with E-state index in [1.807, 2.05) is 0 Å². The van der Waals surface area contributed by atoms with Crippen molar-refractivity contribution in [2.75, 3.05) is 0 Å². The van der Waals surface area contributed by atoms with Gasteiger partial charge in [-0.2, -0.15) is 5.01 Å². The Labute approximate surface area is 165 Å². The number of nitrogens with zero attached hydrogens (tertiary/aromatic N) is 1. The smallest absolute Gasteiger partial charge is 0.271 e. The molecule has 9 heteroatoms. The van der Waals surface area contributed by atoms with E-state index in [2.05, 4.69) is 37.3 Å². The first kappa shape index (κ1) is 18.2. The van der Waals surface area contributed by atoms with E-state index in [1.54, 1.807) is 0 Å². The predicted molar refractivity (Wildman–Crippen MR) is 97.4 cm³/mol. The Balaban J connectivity index is 1.79. The number of rotatable bonds is 2. The largest absolute Gasteiger partial charge is 0.272 e. The first-order chi connectivity index (χ1) is 11.3. The zero-order valence-corrected chi connectivity index (χ0v) is 16.8. The third-order valence-electron chi connectivity index (χ3n) is 4.30. The summed E-state index contributed by atoms with van der Waals surface area (Å²) in [6, 6.07) is 4.39. The average molecular weight is 499 g/mol. The molecular formula is C15H12Br2Cl2N2O3. The van der Waals surface area contributed by atoms with Crippen LogP contribution in [-0.2, 0) is 9.59 Å². The number of carbonyl (C=O) groups is 3. The number of hydrazine groups is 1. The Morgan fingerprint density at radius 3 is 2.12 bits per heavy atom. The van der Waals surface area contributed by atoms with Gasteiger partial charge in [0.1, 0.15) is 0 Å². The minimum atomic E-state index is -0.622. The van der Waals surface area contributed by atoms with Crippen LogP contribution in [0.15, 0.2) is 18.2 Å². The summed E-state index contributed by atoms with van der Waals surface area (Å²) in [5.41, 5.74) is 2.52. The van der Waals surface area contributed by atoms with Crippen molar-refractivity contribution in [1.82, 2.24) is 10.4 Å². The lowest BCUT2D eigenvalue weighted by Crippen LogP contribution is -2.46. The number of fused-ring (bicyclic) bond motifs is 1. The summed E-state index contributed by atoms with van der Waals surface area (Å²) in [5.74, 6) is -2.23. The van der Waals surface area contributed by atoms with Gasteiger partial charge in [-0.25, -0.2) is 0 Å². The third kappa shape index (κ3) is 3.23. The molecule has 1 N–H and O–H groups in total. The van der Waals surface area contributed by atoms with Crippen LogP contribution in [0.25, 0.3) is 0 Å². The summed E-state index contributed by atoms with van der Waals surface area (Å²) in [6.45, 7) is 0. The maximum absolute atomic E-state index is 12.5. The van der Waals surface area contributed by atoms with Crippen LogP contribution in [0.2, 0.25) is 10.0 Å². The van der Waals surface area contributed by atoms with Crippen molar-refractivity contribution >= 4 is 72.8 Å². The second-order valence-electron chi connectivity index (χ2n) is 5.79. The molecule has 0 bridgehead atoms. The molecular weight excluding hydrogens is 487 g/mol. The number of halogens is 4. The molecule has 3 rings (SSSR count). The first-order valence-corrected chi connectivity index (χ1v) is 9.80. The fourth-order valence-corrected chi connectivity index (χ4v) is 4.77. The van der Waals surface area contributed by atoms with Gasteiger partial charge < -0.3 is 0 Å². The van der Waals surface area contributed by atoms with E-state index in [0.29, 0.717) is 17.9 Å². The highest BCUT2D eigenvalue weighted by molar-refractivity contribution is 9.12. The summed E-state index contributed by atoms with van der Waals surface area (Å²) in [5, 5.41) is 1.37. The predicted octanol–water partition coefficient (Wildman–Crippen LogP) is 3.56. The molecule has 2 fully saturated rings. The van der Waals surface area contributed by atoms with Crippen LogP contribution in [0, 0.1) is 11.8 Å². The molecule has 3 amide bonds. The van der Waals surface area contributed by atoms with E-state index in [-0.39, 0.29) is 32.1 Å². The molecule has 1 aromatic carbocycles. The van der Waals surface area contributed by atoms with E-state index in [4.69, 9.17) is 23.2 Å². The highest BCUT2D eigenvalue weighted by atomic mass is 79.9. The fraction of sp³-hybridized carbons (Fsp3) is 0.400. The Morgan fingerprint density at radius 1 is 1.08 bits per heavy atom. The third-order valence-corrected chi connectivity index (χ3v) is 7.58. The van der Waals surface area contributed by atoms with Gasteiger partial charge in [-0.3, -0.25) is 19.8 Å². The number of benzene rings is 1. The Hall–Kier alpha value is -0.630. The molecule has 128 valence electrons.